The number of halogens is 1. The highest BCUT2D eigenvalue weighted by Crippen LogP contribution is 2.30. The average Bonchev–Trinajstić information content (AvgIpc) is 3.07. The standard InChI is InChI=1S/C21H21ClN6/c1-26-10-12-27(13-11-26)21-25-24-19-14-23-20(15-6-2-4-8-17(15)22)16-7-3-5-9-18(16)28(19)21/h2-9H,10-14H2,1H3. The van der Waals surface area contributed by atoms with Crippen LogP contribution in [-0.4, -0.2) is 58.6 Å². The van der Waals surface area contributed by atoms with E-state index < -0.39 is 0 Å². The van der Waals surface area contributed by atoms with Gasteiger partial charge in [-0.15, -0.1) is 10.2 Å². The lowest BCUT2D eigenvalue weighted by Gasteiger charge is -2.33. The van der Waals surface area contributed by atoms with Crippen molar-refractivity contribution in [1.82, 2.24) is 19.7 Å². The van der Waals surface area contributed by atoms with E-state index in [0.29, 0.717) is 11.6 Å². The van der Waals surface area contributed by atoms with Gasteiger partial charge in [-0.2, -0.15) is 0 Å². The van der Waals surface area contributed by atoms with Crippen molar-refractivity contribution in [2.75, 3.05) is 38.1 Å². The Kier molecular flexibility index (Phi) is 4.37. The molecule has 0 N–H and O–H groups in total. The van der Waals surface area contributed by atoms with E-state index in [0.717, 1.165) is 60.5 Å². The van der Waals surface area contributed by atoms with Gasteiger partial charge in [-0.05, 0) is 19.2 Å². The van der Waals surface area contributed by atoms with E-state index in [4.69, 9.17) is 16.6 Å². The highest BCUT2D eigenvalue weighted by molar-refractivity contribution is 6.35. The van der Waals surface area contributed by atoms with Gasteiger partial charge in [0.15, 0.2) is 5.82 Å². The molecule has 142 valence electrons. The van der Waals surface area contributed by atoms with Gasteiger partial charge in [-0.1, -0.05) is 48.0 Å². The molecule has 1 saturated heterocycles. The molecule has 0 radical (unpaired) electrons. The zero-order valence-corrected chi connectivity index (χ0v) is 16.5. The number of nitrogens with zero attached hydrogens (tertiary/aromatic N) is 6. The van der Waals surface area contributed by atoms with E-state index in [1.54, 1.807) is 0 Å². The van der Waals surface area contributed by atoms with Gasteiger partial charge in [0.05, 0.1) is 11.4 Å². The van der Waals surface area contributed by atoms with Gasteiger partial charge in [0.2, 0.25) is 5.95 Å². The summed E-state index contributed by atoms with van der Waals surface area (Å²) in [5, 5.41) is 9.71. The third-order valence-corrected chi connectivity index (χ3v) is 5.74. The molecule has 3 heterocycles. The zero-order valence-electron chi connectivity index (χ0n) is 15.7. The fourth-order valence-corrected chi connectivity index (χ4v) is 4.08. The molecule has 0 atom stereocenters. The predicted octanol–water partition coefficient (Wildman–Crippen LogP) is 3.02. The Morgan fingerprint density at radius 3 is 2.36 bits per heavy atom. The Morgan fingerprint density at radius 1 is 0.857 bits per heavy atom. The first-order chi connectivity index (χ1) is 13.7. The molecular weight excluding hydrogens is 372 g/mol. The van der Waals surface area contributed by atoms with Crippen molar-refractivity contribution in [2.45, 2.75) is 6.54 Å². The lowest BCUT2D eigenvalue weighted by atomic mass is 10.0. The molecule has 0 amide bonds. The van der Waals surface area contributed by atoms with Crippen molar-refractivity contribution >= 4 is 23.3 Å². The molecule has 0 unspecified atom stereocenters. The monoisotopic (exact) mass is 392 g/mol. The van der Waals surface area contributed by atoms with Crippen LogP contribution in [0.5, 0.6) is 0 Å². The SMILES string of the molecule is CN1CCN(c2nnc3n2-c2ccccc2C(c2ccccc2Cl)=NC3)CC1. The molecule has 7 heteroatoms. The summed E-state index contributed by atoms with van der Waals surface area (Å²) in [4.78, 5) is 9.54. The van der Waals surface area contributed by atoms with E-state index in [1.807, 2.05) is 36.4 Å². The van der Waals surface area contributed by atoms with Crippen molar-refractivity contribution in [1.29, 1.82) is 0 Å². The van der Waals surface area contributed by atoms with Gasteiger partial charge in [-0.25, -0.2) is 0 Å². The molecular formula is C21H21ClN6. The second-order valence-corrected chi connectivity index (χ2v) is 7.61. The number of para-hydroxylation sites is 1. The van der Waals surface area contributed by atoms with Crippen molar-refractivity contribution in [3.63, 3.8) is 0 Å². The first-order valence-corrected chi connectivity index (χ1v) is 9.87. The van der Waals surface area contributed by atoms with Crippen LogP contribution in [-0.2, 0) is 6.54 Å². The Hall–Kier alpha value is -2.70. The maximum Gasteiger partial charge on any atom is 0.232 e. The normalized spacial score (nSPS) is 16.9. The second-order valence-electron chi connectivity index (χ2n) is 7.20. The molecule has 2 aliphatic heterocycles. The highest BCUT2D eigenvalue weighted by Gasteiger charge is 2.27. The number of likely N-dealkylation sites (N-methyl/N-ethyl adjacent to an activating group) is 1. The van der Waals surface area contributed by atoms with Crippen LogP contribution >= 0.6 is 11.6 Å². The molecule has 5 rings (SSSR count). The first kappa shape index (κ1) is 17.4. The summed E-state index contributed by atoms with van der Waals surface area (Å²) >= 11 is 6.50. The third kappa shape index (κ3) is 2.89. The zero-order chi connectivity index (χ0) is 19.1. The number of fused-ring (bicyclic) bond motifs is 3. The minimum Gasteiger partial charge on any atom is -0.338 e. The Labute approximate surface area is 169 Å². The average molecular weight is 393 g/mol. The Balaban J connectivity index is 1.64. The molecule has 2 aliphatic rings. The maximum atomic E-state index is 6.50. The number of aliphatic imine (C=N–C) groups is 1. The van der Waals surface area contributed by atoms with Crippen molar-refractivity contribution < 1.29 is 0 Å². The van der Waals surface area contributed by atoms with Crippen LogP contribution in [0.1, 0.15) is 17.0 Å². The molecule has 0 spiro atoms. The van der Waals surface area contributed by atoms with Crippen LogP contribution in [0.3, 0.4) is 0 Å². The van der Waals surface area contributed by atoms with Gasteiger partial charge in [-0.3, -0.25) is 9.56 Å². The summed E-state index contributed by atoms with van der Waals surface area (Å²) in [6, 6.07) is 16.2. The topological polar surface area (TPSA) is 49.6 Å². The Bertz CT molecular complexity index is 1050. The number of hydrogen-bond donors (Lipinski definition) is 0. The molecule has 3 aromatic rings. The number of hydrogen-bond acceptors (Lipinski definition) is 5. The van der Waals surface area contributed by atoms with Gasteiger partial charge in [0, 0.05) is 42.3 Å². The van der Waals surface area contributed by atoms with Crippen molar-refractivity contribution in [3.05, 3.63) is 70.5 Å². The molecule has 2 aromatic carbocycles. The Morgan fingerprint density at radius 2 is 1.57 bits per heavy atom. The van der Waals surface area contributed by atoms with E-state index in [9.17, 15) is 0 Å². The lowest BCUT2D eigenvalue weighted by Crippen LogP contribution is -2.45. The van der Waals surface area contributed by atoms with Crippen LogP contribution in [0.4, 0.5) is 5.95 Å². The van der Waals surface area contributed by atoms with Gasteiger partial charge >= 0.3 is 0 Å². The number of rotatable bonds is 2. The summed E-state index contributed by atoms with van der Waals surface area (Å²) in [7, 11) is 2.15. The van der Waals surface area contributed by atoms with Gasteiger partial charge in [0.25, 0.3) is 0 Å². The molecule has 1 aromatic heterocycles. The van der Waals surface area contributed by atoms with Crippen LogP contribution < -0.4 is 4.90 Å². The first-order valence-electron chi connectivity index (χ1n) is 9.49. The maximum absolute atomic E-state index is 6.50. The van der Waals surface area contributed by atoms with Gasteiger partial charge < -0.3 is 9.80 Å². The smallest absolute Gasteiger partial charge is 0.232 e. The quantitative estimate of drug-likeness (QED) is 0.672. The summed E-state index contributed by atoms with van der Waals surface area (Å²) in [6.45, 7) is 4.39. The highest BCUT2D eigenvalue weighted by atomic mass is 35.5. The van der Waals surface area contributed by atoms with Crippen LogP contribution in [0.2, 0.25) is 5.02 Å². The summed E-state index contributed by atoms with van der Waals surface area (Å²) < 4.78 is 2.16. The fourth-order valence-electron chi connectivity index (χ4n) is 3.85. The molecule has 28 heavy (non-hydrogen) atoms. The number of anilines is 1. The van der Waals surface area contributed by atoms with E-state index in [1.165, 1.54) is 0 Å². The second kappa shape index (κ2) is 7.04. The lowest BCUT2D eigenvalue weighted by molar-refractivity contribution is 0.310. The largest absolute Gasteiger partial charge is 0.338 e. The predicted molar refractivity (Wildman–Crippen MR) is 112 cm³/mol. The third-order valence-electron chi connectivity index (χ3n) is 5.41. The minimum absolute atomic E-state index is 0.468. The van der Waals surface area contributed by atoms with Crippen LogP contribution in [0.25, 0.3) is 5.69 Å². The van der Waals surface area contributed by atoms with E-state index >= 15 is 0 Å². The van der Waals surface area contributed by atoms with Crippen molar-refractivity contribution in [3.8, 4) is 5.69 Å². The summed E-state index contributed by atoms with van der Waals surface area (Å²) in [5.41, 5.74) is 3.93. The van der Waals surface area contributed by atoms with Crippen molar-refractivity contribution in [2.24, 2.45) is 4.99 Å². The van der Waals surface area contributed by atoms with E-state index in [2.05, 4.69) is 43.7 Å². The molecule has 0 saturated carbocycles. The fraction of sp³-hybridized carbons (Fsp3) is 0.286. The molecule has 0 bridgehead atoms. The van der Waals surface area contributed by atoms with Crippen LogP contribution in [0, 0.1) is 0 Å². The molecule has 0 aliphatic carbocycles. The molecule has 6 nitrogen and oxygen atoms in total. The summed E-state index contributed by atoms with van der Waals surface area (Å²) in [5.74, 6) is 1.74. The summed E-state index contributed by atoms with van der Waals surface area (Å²) in [6.07, 6.45) is 0. The number of piperazine rings is 1. The number of benzene rings is 2. The van der Waals surface area contributed by atoms with E-state index in [-0.39, 0.29) is 0 Å². The number of aromatic nitrogens is 3. The molecule has 1 fully saturated rings. The minimum atomic E-state index is 0.468. The van der Waals surface area contributed by atoms with Crippen LogP contribution in [0.15, 0.2) is 53.5 Å². The van der Waals surface area contributed by atoms with Gasteiger partial charge in [0.1, 0.15) is 6.54 Å².